The number of alkyl halides is 17. The zero-order valence-corrected chi connectivity index (χ0v) is 12.6. The Bertz CT molecular complexity index is 655. The third-order valence-corrected chi connectivity index (χ3v) is 3.27. The van der Waals surface area contributed by atoms with Gasteiger partial charge >= 0.3 is 47.6 Å². The summed E-state index contributed by atoms with van der Waals surface area (Å²) >= 11 is 0. The molecule has 0 atom stereocenters. The van der Waals surface area contributed by atoms with Crippen LogP contribution < -0.4 is 0 Å². The Kier molecular flexibility index (Phi) is 6.21. The average Bonchev–Trinajstić information content (AvgIpc) is 2.51. The van der Waals surface area contributed by atoms with Crippen LogP contribution in [0.1, 0.15) is 0 Å². The van der Waals surface area contributed by atoms with Gasteiger partial charge in [-0.3, -0.25) is 4.79 Å². The van der Waals surface area contributed by atoms with Gasteiger partial charge in [0.2, 0.25) is 0 Å². The fraction of sp³-hybridized carbons (Fsp3) is 0.727. The molecule has 0 spiro atoms. The van der Waals surface area contributed by atoms with Crippen molar-refractivity contribution in [1.29, 1.82) is 0 Å². The minimum atomic E-state index is -8.69. The maximum Gasteiger partial charge on any atom is 0.460 e. The Hall–Kier alpha value is -1.78. The second-order valence-corrected chi connectivity index (χ2v) is 5.16. The normalized spacial score (nSPS) is 16.0. The van der Waals surface area contributed by atoms with E-state index < -0.39 is 59.5 Å². The van der Waals surface area contributed by atoms with E-state index in [0.717, 1.165) is 0 Å². The molecule has 0 bridgehead atoms. The van der Waals surface area contributed by atoms with Gasteiger partial charge < -0.3 is 0 Å². The summed E-state index contributed by atoms with van der Waals surface area (Å²) in [6.07, 6.45) is -9.27. The summed E-state index contributed by atoms with van der Waals surface area (Å²) in [6.45, 7) is 1.71. The van der Waals surface area contributed by atoms with Crippen LogP contribution in [0.15, 0.2) is 12.2 Å². The SMILES string of the molecule is C=C(C=O)C(F)(F)C(F)(F)C(F)(F)C(F)(F)C(F)(F)C(F)(F)C(F)(F)C(F)(F)F. The molecule has 0 aliphatic heterocycles. The number of carbonyl (C=O) groups excluding carboxylic acids is 1. The molecule has 29 heavy (non-hydrogen) atoms. The zero-order chi connectivity index (χ0) is 24.3. The first-order valence-electron chi connectivity index (χ1n) is 6.09. The topological polar surface area (TPSA) is 17.1 Å². The standard InChI is InChI=1S/C11H3F17O/c1-3(2-29)4(12,13)5(14,15)6(16,17)7(18,19)8(20,21)9(22,23)10(24,25)11(26,27)28/h2H,1H2. The lowest BCUT2D eigenvalue weighted by Crippen LogP contribution is -2.74. The summed E-state index contributed by atoms with van der Waals surface area (Å²) in [5, 5.41) is 0. The second-order valence-electron chi connectivity index (χ2n) is 5.16. The number of halogens is 17. The van der Waals surface area contributed by atoms with Crippen LogP contribution in [0.2, 0.25) is 0 Å². The Morgan fingerprint density at radius 3 is 0.966 bits per heavy atom. The molecule has 0 radical (unpaired) electrons. The molecule has 0 aliphatic carbocycles. The van der Waals surface area contributed by atoms with Crippen molar-refractivity contribution in [1.82, 2.24) is 0 Å². The molecule has 0 aromatic heterocycles. The fourth-order valence-electron chi connectivity index (χ4n) is 1.44. The summed E-state index contributed by atoms with van der Waals surface area (Å²) in [6, 6.07) is 0. The maximum absolute atomic E-state index is 13.2. The largest absolute Gasteiger partial charge is 0.460 e. The van der Waals surface area contributed by atoms with E-state index in [2.05, 4.69) is 0 Å². The molecule has 0 N–H and O–H groups in total. The highest BCUT2D eigenvalue weighted by atomic mass is 19.4. The summed E-state index contributed by atoms with van der Waals surface area (Å²) in [4.78, 5) is 9.94. The van der Waals surface area contributed by atoms with E-state index in [0.29, 0.717) is 0 Å². The highest BCUT2D eigenvalue weighted by molar-refractivity contribution is 5.75. The zero-order valence-electron chi connectivity index (χ0n) is 12.6. The first kappa shape index (κ1) is 27.2. The van der Waals surface area contributed by atoms with Gasteiger partial charge in [-0.1, -0.05) is 6.58 Å². The van der Waals surface area contributed by atoms with Crippen LogP contribution in [-0.2, 0) is 4.79 Å². The van der Waals surface area contributed by atoms with Crippen molar-refractivity contribution in [2.75, 3.05) is 0 Å². The number of carbonyl (C=O) groups is 1. The maximum atomic E-state index is 13.2. The highest BCUT2D eigenvalue weighted by Gasteiger charge is 2.95. The van der Waals surface area contributed by atoms with Crippen molar-refractivity contribution in [3.63, 3.8) is 0 Å². The predicted molar refractivity (Wildman–Crippen MR) is 55.9 cm³/mol. The Labute approximate surface area is 147 Å². The average molecular weight is 474 g/mol. The molecule has 0 aliphatic rings. The number of aldehydes is 1. The molecule has 0 aromatic rings. The van der Waals surface area contributed by atoms with Crippen LogP contribution in [0.4, 0.5) is 74.6 Å². The summed E-state index contributed by atoms with van der Waals surface area (Å²) < 4.78 is 218. The molecule has 0 rings (SSSR count). The molecule has 0 amide bonds. The van der Waals surface area contributed by atoms with Crippen LogP contribution in [0, 0.1) is 0 Å². The Balaban J connectivity index is 6.81. The van der Waals surface area contributed by atoms with Gasteiger partial charge in [0.15, 0.2) is 6.29 Å². The van der Waals surface area contributed by atoms with Crippen LogP contribution in [0.5, 0.6) is 0 Å². The molecule has 0 aromatic carbocycles. The molecule has 18 heteroatoms. The smallest absolute Gasteiger partial charge is 0.298 e. The van der Waals surface area contributed by atoms with Crippen molar-refractivity contribution >= 4 is 6.29 Å². The quantitative estimate of drug-likeness (QED) is 0.249. The first-order chi connectivity index (χ1) is 12.2. The summed E-state index contributed by atoms with van der Waals surface area (Å²) in [5.74, 6) is -57.3. The van der Waals surface area contributed by atoms with Gasteiger partial charge in [0.1, 0.15) is 0 Å². The van der Waals surface area contributed by atoms with Gasteiger partial charge in [-0.05, 0) is 0 Å². The molecular weight excluding hydrogens is 471 g/mol. The van der Waals surface area contributed by atoms with E-state index in [1.165, 1.54) is 0 Å². The van der Waals surface area contributed by atoms with Crippen LogP contribution in [0.25, 0.3) is 0 Å². The van der Waals surface area contributed by atoms with E-state index >= 15 is 0 Å². The molecule has 1 nitrogen and oxygen atoms in total. The minimum Gasteiger partial charge on any atom is -0.298 e. The number of rotatable bonds is 8. The first-order valence-corrected chi connectivity index (χ1v) is 6.09. The van der Waals surface area contributed by atoms with Gasteiger partial charge in [-0.2, -0.15) is 74.6 Å². The van der Waals surface area contributed by atoms with Crippen molar-refractivity contribution < 1.29 is 79.4 Å². The predicted octanol–water partition coefficient (Wildman–Crippen LogP) is 5.75. The minimum absolute atomic E-state index is 1.47. The van der Waals surface area contributed by atoms with Gasteiger partial charge in [-0.15, -0.1) is 0 Å². The molecule has 0 heterocycles. The number of allylic oxidation sites excluding steroid dienone is 1. The van der Waals surface area contributed by atoms with E-state index in [4.69, 9.17) is 0 Å². The molecule has 172 valence electrons. The van der Waals surface area contributed by atoms with Crippen molar-refractivity contribution in [2.24, 2.45) is 0 Å². The van der Waals surface area contributed by atoms with Crippen molar-refractivity contribution in [2.45, 2.75) is 47.6 Å². The highest BCUT2D eigenvalue weighted by Crippen LogP contribution is 2.64. The lowest BCUT2D eigenvalue weighted by atomic mass is 9.87. The number of hydrogen-bond donors (Lipinski definition) is 0. The molecule has 0 saturated heterocycles. The molecule has 0 fully saturated rings. The summed E-state index contributed by atoms with van der Waals surface area (Å²) in [5.41, 5.74) is -2.98. The monoisotopic (exact) mass is 474 g/mol. The Morgan fingerprint density at radius 2 is 0.724 bits per heavy atom. The van der Waals surface area contributed by atoms with Crippen LogP contribution in [0.3, 0.4) is 0 Å². The second kappa shape index (κ2) is 6.61. The van der Waals surface area contributed by atoms with E-state index in [9.17, 15) is 79.4 Å². The van der Waals surface area contributed by atoms with E-state index in [1.54, 1.807) is 6.58 Å². The third-order valence-electron chi connectivity index (χ3n) is 3.27. The lowest BCUT2D eigenvalue weighted by Gasteiger charge is -2.42. The van der Waals surface area contributed by atoms with Gasteiger partial charge in [0.05, 0.1) is 5.57 Å². The van der Waals surface area contributed by atoms with Crippen LogP contribution in [-0.4, -0.2) is 53.9 Å². The Morgan fingerprint density at radius 1 is 0.483 bits per heavy atom. The molecular formula is C11H3F17O. The van der Waals surface area contributed by atoms with Crippen molar-refractivity contribution in [3.8, 4) is 0 Å². The van der Waals surface area contributed by atoms with Crippen LogP contribution >= 0.6 is 0 Å². The van der Waals surface area contributed by atoms with Gasteiger partial charge in [0, 0.05) is 0 Å². The van der Waals surface area contributed by atoms with Gasteiger partial charge in [-0.25, -0.2) is 0 Å². The number of hydrogen-bond acceptors (Lipinski definition) is 1. The third kappa shape index (κ3) is 3.21. The van der Waals surface area contributed by atoms with E-state index in [-0.39, 0.29) is 0 Å². The molecule has 0 saturated carbocycles. The fourth-order valence-corrected chi connectivity index (χ4v) is 1.44. The van der Waals surface area contributed by atoms with E-state index in [1.807, 2.05) is 0 Å². The molecule has 0 unspecified atom stereocenters. The van der Waals surface area contributed by atoms with Gasteiger partial charge in [0.25, 0.3) is 0 Å². The lowest BCUT2D eigenvalue weighted by molar-refractivity contribution is -0.459. The van der Waals surface area contributed by atoms with Crippen molar-refractivity contribution in [3.05, 3.63) is 12.2 Å². The summed E-state index contributed by atoms with van der Waals surface area (Å²) in [7, 11) is 0.